The summed E-state index contributed by atoms with van der Waals surface area (Å²) in [6.07, 6.45) is 3.57. The fourth-order valence-electron chi connectivity index (χ4n) is 3.07. The molecular weight excluding hydrogens is 416 g/mol. The van der Waals surface area contributed by atoms with Crippen LogP contribution in [-0.2, 0) is 25.6 Å². The van der Waals surface area contributed by atoms with Crippen LogP contribution in [0.4, 0.5) is 0 Å². The quantitative estimate of drug-likeness (QED) is 0.242. The first-order valence-electron chi connectivity index (χ1n) is 10.8. The van der Waals surface area contributed by atoms with Gasteiger partial charge in [-0.25, -0.2) is 9.78 Å². The van der Waals surface area contributed by atoms with Crippen molar-refractivity contribution >= 4 is 23.7 Å². The number of rotatable bonds is 13. The molecule has 1 rings (SSSR count). The molecule has 11 heteroatoms. The second kappa shape index (κ2) is 12.8. The van der Waals surface area contributed by atoms with Crippen molar-refractivity contribution < 1.29 is 24.3 Å². The van der Waals surface area contributed by atoms with E-state index in [-0.39, 0.29) is 18.3 Å². The molecule has 32 heavy (non-hydrogen) atoms. The van der Waals surface area contributed by atoms with E-state index in [1.54, 1.807) is 0 Å². The van der Waals surface area contributed by atoms with Gasteiger partial charge in [0.05, 0.1) is 12.4 Å². The Bertz CT molecular complexity index is 763. The van der Waals surface area contributed by atoms with Crippen LogP contribution in [0, 0.1) is 11.8 Å². The molecule has 0 aliphatic rings. The highest BCUT2D eigenvalue weighted by Crippen LogP contribution is 2.10. The maximum Gasteiger partial charge on any atom is 0.326 e. The van der Waals surface area contributed by atoms with E-state index < -0.39 is 47.9 Å². The molecule has 1 aromatic rings. The monoisotopic (exact) mass is 452 g/mol. The maximum atomic E-state index is 12.9. The SMILES string of the molecule is CC(C)CC(NC(=O)C(C)N)C(=O)NC(CC(C)C)C(=O)NC(Cc1cnc[nH]1)C(=O)O. The highest BCUT2D eigenvalue weighted by atomic mass is 16.4. The number of aliphatic carboxylic acids is 1. The highest BCUT2D eigenvalue weighted by Gasteiger charge is 2.30. The molecule has 4 unspecified atom stereocenters. The van der Waals surface area contributed by atoms with Crippen LogP contribution in [0.5, 0.6) is 0 Å². The van der Waals surface area contributed by atoms with Crippen LogP contribution in [0.15, 0.2) is 12.5 Å². The predicted molar refractivity (Wildman–Crippen MR) is 118 cm³/mol. The van der Waals surface area contributed by atoms with Gasteiger partial charge in [-0.05, 0) is 31.6 Å². The van der Waals surface area contributed by atoms with Gasteiger partial charge in [-0.3, -0.25) is 14.4 Å². The molecule has 0 aliphatic heterocycles. The number of hydrogen-bond acceptors (Lipinski definition) is 6. The fraction of sp³-hybridized carbons (Fsp3) is 0.667. The van der Waals surface area contributed by atoms with E-state index in [0.717, 1.165) is 0 Å². The van der Waals surface area contributed by atoms with Gasteiger partial charge in [0, 0.05) is 18.3 Å². The first kappa shape index (κ1) is 27.1. The van der Waals surface area contributed by atoms with Gasteiger partial charge in [-0.2, -0.15) is 0 Å². The number of imidazole rings is 1. The average Bonchev–Trinajstić information content (AvgIpc) is 3.18. The Morgan fingerprint density at radius 1 is 0.906 bits per heavy atom. The molecular formula is C21H36N6O5. The molecule has 1 heterocycles. The lowest BCUT2D eigenvalue weighted by Gasteiger charge is -2.26. The number of hydrogen-bond donors (Lipinski definition) is 6. The summed E-state index contributed by atoms with van der Waals surface area (Å²) in [5, 5.41) is 17.3. The van der Waals surface area contributed by atoms with Crippen LogP contribution in [0.2, 0.25) is 0 Å². The van der Waals surface area contributed by atoms with Crippen molar-refractivity contribution in [3.63, 3.8) is 0 Å². The summed E-state index contributed by atoms with van der Waals surface area (Å²) in [5.41, 5.74) is 6.15. The predicted octanol–water partition coefficient (Wildman–Crippen LogP) is -0.0694. The molecule has 3 amide bonds. The van der Waals surface area contributed by atoms with E-state index in [0.29, 0.717) is 18.5 Å². The molecule has 180 valence electrons. The number of nitrogens with two attached hydrogens (primary N) is 1. The summed E-state index contributed by atoms with van der Waals surface area (Å²) in [6, 6.07) is -3.81. The van der Waals surface area contributed by atoms with Crippen molar-refractivity contribution in [3.05, 3.63) is 18.2 Å². The van der Waals surface area contributed by atoms with Crippen molar-refractivity contribution in [2.24, 2.45) is 17.6 Å². The van der Waals surface area contributed by atoms with Crippen molar-refractivity contribution in [2.45, 2.75) is 78.0 Å². The molecule has 0 aliphatic carbocycles. The zero-order valence-corrected chi connectivity index (χ0v) is 19.3. The Morgan fingerprint density at radius 3 is 1.75 bits per heavy atom. The maximum absolute atomic E-state index is 12.9. The Balaban J connectivity index is 2.95. The number of amides is 3. The normalized spacial score (nSPS) is 15.0. The van der Waals surface area contributed by atoms with E-state index in [1.807, 2.05) is 27.7 Å². The second-order valence-corrected chi connectivity index (χ2v) is 8.85. The lowest BCUT2D eigenvalue weighted by Crippen LogP contribution is -2.57. The van der Waals surface area contributed by atoms with Crippen LogP contribution >= 0.6 is 0 Å². The van der Waals surface area contributed by atoms with E-state index in [9.17, 15) is 24.3 Å². The molecule has 7 N–H and O–H groups in total. The molecule has 0 bridgehead atoms. The van der Waals surface area contributed by atoms with E-state index in [4.69, 9.17) is 5.73 Å². The zero-order chi connectivity index (χ0) is 24.4. The first-order chi connectivity index (χ1) is 14.9. The Labute approximate surface area is 188 Å². The van der Waals surface area contributed by atoms with Crippen molar-refractivity contribution in [1.82, 2.24) is 25.9 Å². The van der Waals surface area contributed by atoms with Gasteiger partial charge in [-0.15, -0.1) is 0 Å². The standard InChI is InChI=1S/C21H36N6O5/c1-11(2)6-15(25-18(28)13(5)22)19(29)26-16(7-12(3)4)20(30)27-17(21(31)32)8-14-9-23-10-24-14/h9-13,15-17H,6-8,22H2,1-5H3,(H,23,24)(H,25,28)(H,26,29)(H,27,30)(H,31,32). The summed E-state index contributed by atoms with van der Waals surface area (Å²) >= 11 is 0. The summed E-state index contributed by atoms with van der Waals surface area (Å²) in [7, 11) is 0. The lowest BCUT2D eigenvalue weighted by atomic mass is 9.99. The van der Waals surface area contributed by atoms with Gasteiger partial charge in [0.1, 0.15) is 18.1 Å². The van der Waals surface area contributed by atoms with E-state index >= 15 is 0 Å². The van der Waals surface area contributed by atoms with Gasteiger partial charge in [0.25, 0.3) is 0 Å². The van der Waals surface area contributed by atoms with E-state index in [1.165, 1.54) is 19.4 Å². The second-order valence-electron chi connectivity index (χ2n) is 8.85. The summed E-state index contributed by atoms with van der Waals surface area (Å²) in [6.45, 7) is 9.10. The number of carbonyl (C=O) groups is 4. The minimum atomic E-state index is -1.20. The number of nitrogens with one attached hydrogen (secondary N) is 4. The highest BCUT2D eigenvalue weighted by molar-refractivity contribution is 5.94. The zero-order valence-electron chi connectivity index (χ0n) is 19.3. The van der Waals surface area contributed by atoms with Crippen LogP contribution in [0.3, 0.4) is 0 Å². The Kier molecular flexibility index (Phi) is 10.8. The van der Waals surface area contributed by atoms with Crippen molar-refractivity contribution in [1.29, 1.82) is 0 Å². The average molecular weight is 453 g/mol. The number of nitrogens with zero attached hydrogens (tertiary/aromatic N) is 1. The molecule has 0 saturated heterocycles. The topological polar surface area (TPSA) is 179 Å². The van der Waals surface area contributed by atoms with Crippen LogP contribution < -0.4 is 21.7 Å². The minimum Gasteiger partial charge on any atom is -0.480 e. The molecule has 0 spiro atoms. The Morgan fingerprint density at radius 2 is 1.38 bits per heavy atom. The number of H-pyrrole nitrogens is 1. The third-order valence-electron chi connectivity index (χ3n) is 4.69. The van der Waals surface area contributed by atoms with Gasteiger partial charge >= 0.3 is 5.97 Å². The smallest absolute Gasteiger partial charge is 0.326 e. The molecule has 4 atom stereocenters. The van der Waals surface area contributed by atoms with Crippen molar-refractivity contribution in [2.75, 3.05) is 0 Å². The number of carboxylic acid groups (broad SMARTS) is 1. The molecule has 0 aromatic carbocycles. The van der Waals surface area contributed by atoms with E-state index in [2.05, 4.69) is 25.9 Å². The molecule has 0 radical (unpaired) electrons. The van der Waals surface area contributed by atoms with Gasteiger partial charge in [0.2, 0.25) is 17.7 Å². The van der Waals surface area contributed by atoms with Crippen LogP contribution in [0.25, 0.3) is 0 Å². The minimum absolute atomic E-state index is 0.0177. The lowest BCUT2D eigenvalue weighted by molar-refractivity contribution is -0.142. The number of carbonyl (C=O) groups excluding carboxylic acids is 3. The third-order valence-corrected chi connectivity index (χ3v) is 4.69. The summed E-state index contributed by atoms with van der Waals surface area (Å²) in [4.78, 5) is 56.2. The number of carboxylic acids is 1. The Hall–Kier alpha value is -2.95. The third kappa shape index (κ3) is 9.46. The van der Waals surface area contributed by atoms with Gasteiger partial charge < -0.3 is 31.8 Å². The number of aromatic amines is 1. The first-order valence-corrected chi connectivity index (χ1v) is 10.8. The van der Waals surface area contributed by atoms with Crippen LogP contribution in [-0.4, -0.2) is 62.9 Å². The summed E-state index contributed by atoms with van der Waals surface area (Å²) in [5.74, 6) is -2.66. The molecule has 11 nitrogen and oxygen atoms in total. The molecule has 0 fully saturated rings. The van der Waals surface area contributed by atoms with Crippen molar-refractivity contribution in [3.8, 4) is 0 Å². The largest absolute Gasteiger partial charge is 0.480 e. The number of aromatic nitrogens is 2. The molecule has 1 aromatic heterocycles. The summed E-state index contributed by atoms with van der Waals surface area (Å²) < 4.78 is 0. The fourth-order valence-corrected chi connectivity index (χ4v) is 3.07. The van der Waals surface area contributed by atoms with Crippen LogP contribution in [0.1, 0.15) is 53.2 Å². The van der Waals surface area contributed by atoms with Gasteiger partial charge in [0.15, 0.2) is 0 Å². The molecule has 0 saturated carbocycles. The van der Waals surface area contributed by atoms with Gasteiger partial charge in [-0.1, -0.05) is 27.7 Å².